The molecule has 2 unspecified atom stereocenters. The van der Waals surface area contributed by atoms with E-state index < -0.39 is 0 Å². The van der Waals surface area contributed by atoms with Crippen molar-refractivity contribution in [1.82, 2.24) is 10.2 Å². The largest absolute Gasteiger partial charge is 0.314 e. The second-order valence-corrected chi connectivity index (χ2v) is 6.99. The van der Waals surface area contributed by atoms with Crippen LogP contribution in [-0.4, -0.2) is 30.6 Å². The molecule has 1 aromatic carbocycles. The van der Waals surface area contributed by atoms with Crippen LogP contribution in [0.4, 0.5) is 0 Å². The van der Waals surface area contributed by atoms with Crippen molar-refractivity contribution in [2.75, 3.05) is 19.6 Å². The molecule has 3 rings (SSSR count). The molecule has 0 aromatic heterocycles. The topological polar surface area (TPSA) is 15.3 Å². The maximum atomic E-state index is 6.02. The second-order valence-electron chi connectivity index (χ2n) is 6.55. The highest BCUT2D eigenvalue weighted by Gasteiger charge is 2.30. The summed E-state index contributed by atoms with van der Waals surface area (Å²) in [5.41, 5.74) is 1.42. The molecule has 0 bridgehead atoms. The van der Waals surface area contributed by atoms with Gasteiger partial charge < -0.3 is 5.32 Å². The van der Waals surface area contributed by atoms with Crippen molar-refractivity contribution in [1.29, 1.82) is 0 Å². The summed E-state index contributed by atoms with van der Waals surface area (Å²) in [7, 11) is 0. The summed E-state index contributed by atoms with van der Waals surface area (Å²) in [6.07, 6.45) is 6.63. The molecule has 2 atom stereocenters. The average Bonchev–Trinajstić information content (AvgIpc) is 3.05. The third-order valence-corrected chi connectivity index (χ3v) is 5.58. The Balaban J connectivity index is 1.60. The Morgan fingerprint density at radius 2 is 1.90 bits per heavy atom. The van der Waals surface area contributed by atoms with Gasteiger partial charge in [0.15, 0.2) is 0 Å². The molecule has 2 nitrogen and oxygen atoms in total. The Hall–Kier alpha value is -0.570. The summed E-state index contributed by atoms with van der Waals surface area (Å²) in [5.74, 6) is 0.895. The van der Waals surface area contributed by atoms with Crippen LogP contribution in [0, 0.1) is 5.92 Å². The molecule has 0 spiro atoms. The molecule has 0 saturated carbocycles. The van der Waals surface area contributed by atoms with Gasteiger partial charge in [-0.2, -0.15) is 0 Å². The van der Waals surface area contributed by atoms with E-state index in [-0.39, 0.29) is 0 Å². The smallest absolute Gasteiger partial charge is 0.0406 e. The van der Waals surface area contributed by atoms with E-state index in [0.717, 1.165) is 17.0 Å². The van der Waals surface area contributed by atoms with Crippen LogP contribution in [0.15, 0.2) is 24.3 Å². The van der Waals surface area contributed by atoms with Gasteiger partial charge >= 0.3 is 0 Å². The zero-order valence-electron chi connectivity index (χ0n) is 13.0. The van der Waals surface area contributed by atoms with Crippen LogP contribution in [0.1, 0.15) is 50.6 Å². The molecule has 21 heavy (non-hydrogen) atoms. The lowest BCUT2D eigenvalue weighted by molar-refractivity contribution is 0.116. The third kappa shape index (κ3) is 3.61. The lowest BCUT2D eigenvalue weighted by Crippen LogP contribution is -2.42. The minimum Gasteiger partial charge on any atom is -0.314 e. The number of halogens is 1. The SMILES string of the molecule is CCC(c1ccc(Cl)cc1)N1CCC(C2CCCN2)CC1. The highest BCUT2D eigenvalue weighted by Crippen LogP contribution is 2.32. The molecule has 2 saturated heterocycles. The maximum absolute atomic E-state index is 6.02. The number of piperidine rings is 1. The van der Waals surface area contributed by atoms with Gasteiger partial charge in [-0.25, -0.2) is 0 Å². The first kappa shape index (κ1) is 15.3. The Bertz CT molecular complexity index is 431. The van der Waals surface area contributed by atoms with E-state index in [1.807, 2.05) is 12.1 Å². The van der Waals surface area contributed by atoms with Crippen LogP contribution in [0.2, 0.25) is 5.02 Å². The van der Waals surface area contributed by atoms with Crippen molar-refractivity contribution in [3.63, 3.8) is 0 Å². The van der Waals surface area contributed by atoms with Gasteiger partial charge in [-0.05, 0) is 75.4 Å². The van der Waals surface area contributed by atoms with Crippen LogP contribution in [0.25, 0.3) is 0 Å². The first-order valence-corrected chi connectivity index (χ1v) is 8.88. The third-order valence-electron chi connectivity index (χ3n) is 5.32. The quantitative estimate of drug-likeness (QED) is 0.894. The maximum Gasteiger partial charge on any atom is 0.0406 e. The molecule has 0 radical (unpaired) electrons. The standard InChI is InChI=1S/C18H27ClN2/c1-2-18(15-5-7-16(19)8-6-15)21-12-9-14(10-13-21)17-4-3-11-20-17/h5-8,14,17-18,20H,2-4,9-13H2,1H3. The highest BCUT2D eigenvalue weighted by atomic mass is 35.5. The van der Waals surface area contributed by atoms with E-state index in [1.54, 1.807) is 0 Å². The molecule has 3 heteroatoms. The number of nitrogens with zero attached hydrogens (tertiary/aromatic N) is 1. The lowest BCUT2D eigenvalue weighted by Gasteiger charge is -2.39. The number of nitrogens with one attached hydrogen (secondary N) is 1. The van der Waals surface area contributed by atoms with Crippen LogP contribution >= 0.6 is 11.6 Å². The molecule has 2 fully saturated rings. The van der Waals surface area contributed by atoms with Crippen molar-refractivity contribution >= 4 is 11.6 Å². The van der Waals surface area contributed by atoms with E-state index in [2.05, 4.69) is 29.3 Å². The summed E-state index contributed by atoms with van der Waals surface area (Å²) in [5, 5.41) is 4.52. The fraction of sp³-hybridized carbons (Fsp3) is 0.667. The first-order valence-electron chi connectivity index (χ1n) is 8.51. The van der Waals surface area contributed by atoms with Gasteiger partial charge in [0, 0.05) is 17.1 Å². The molecule has 0 aliphatic carbocycles. The summed E-state index contributed by atoms with van der Waals surface area (Å²) in [6, 6.07) is 9.79. The van der Waals surface area contributed by atoms with E-state index in [4.69, 9.17) is 11.6 Å². The normalized spacial score (nSPS) is 26.1. The minimum absolute atomic E-state index is 0.555. The number of benzene rings is 1. The zero-order chi connectivity index (χ0) is 14.7. The van der Waals surface area contributed by atoms with Gasteiger partial charge in [0.1, 0.15) is 0 Å². The van der Waals surface area contributed by atoms with Crippen molar-refractivity contribution in [3.8, 4) is 0 Å². The van der Waals surface area contributed by atoms with Crippen LogP contribution in [0.5, 0.6) is 0 Å². The Labute approximate surface area is 133 Å². The van der Waals surface area contributed by atoms with Gasteiger partial charge in [0.05, 0.1) is 0 Å². The molecule has 2 aliphatic rings. The Kier molecular flexibility index (Phi) is 5.20. The second kappa shape index (κ2) is 7.13. The Morgan fingerprint density at radius 3 is 2.48 bits per heavy atom. The van der Waals surface area contributed by atoms with Crippen molar-refractivity contribution in [3.05, 3.63) is 34.9 Å². The van der Waals surface area contributed by atoms with Crippen LogP contribution in [0.3, 0.4) is 0 Å². The van der Waals surface area contributed by atoms with Crippen LogP contribution < -0.4 is 5.32 Å². The average molecular weight is 307 g/mol. The summed E-state index contributed by atoms with van der Waals surface area (Å²) in [4.78, 5) is 2.68. The highest BCUT2D eigenvalue weighted by molar-refractivity contribution is 6.30. The van der Waals surface area contributed by atoms with Gasteiger partial charge in [-0.1, -0.05) is 30.7 Å². The number of rotatable bonds is 4. The number of likely N-dealkylation sites (tertiary alicyclic amines) is 1. The van der Waals surface area contributed by atoms with Gasteiger partial charge in [-0.3, -0.25) is 4.90 Å². The van der Waals surface area contributed by atoms with Crippen molar-refractivity contribution in [2.45, 2.75) is 51.1 Å². The zero-order valence-corrected chi connectivity index (χ0v) is 13.8. The van der Waals surface area contributed by atoms with E-state index >= 15 is 0 Å². The summed E-state index contributed by atoms with van der Waals surface area (Å²) >= 11 is 6.02. The molecular formula is C18H27ClN2. The lowest BCUT2D eigenvalue weighted by atomic mass is 9.87. The number of hydrogen-bond acceptors (Lipinski definition) is 2. The fourth-order valence-electron chi connectivity index (χ4n) is 4.14. The van der Waals surface area contributed by atoms with Gasteiger partial charge in [0.25, 0.3) is 0 Å². The molecule has 1 aromatic rings. The van der Waals surface area contributed by atoms with E-state index in [0.29, 0.717) is 6.04 Å². The van der Waals surface area contributed by atoms with E-state index in [9.17, 15) is 0 Å². The first-order chi connectivity index (χ1) is 10.3. The predicted molar refractivity (Wildman–Crippen MR) is 89.8 cm³/mol. The van der Waals surface area contributed by atoms with Crippen molar-refractivity contribution < 1.29 is 0 Å². The predicted octanol–water partition coefficient (Wildman–Crippen LogP) is 4.26. The molecule has 1 N–H and O–H groups in total. The Morgan fingerprint density at radius 1 is 1.19 bits per heavy atom. The van der Waals surface area contributed by atoms with Crippen LogP contribution in [-0.2, 0) is 0 Å². The summed E-state index contributed by atoms with van der Waals surface area (Å²) < 4.78 is 0. The molecule has 0 amide bonds. The number of hydrogen-bond donors (Lipinski definition) is 1. The molecule has 116 valence electrons. The fourth-order valence-corrected chi connectivity index (χ4v) is 4.26. The monoisotopic (exact) mass is 306 g/mol. The summed E-state index contributed by atoms with van der Waals surface area (Å²) in [6.45, 7) is 6.01. The molecule has 2 heterocycles. The van der Waals surface area contributed by atoms with Gasteiger partial charge in [-0.15, -0.1) is 0 Å². The molecular weight excluding hydrogens is 280 g/mol. The minimum atomic E-state index is 0.555. The molecule has 2 aliphatic heterocycles. The van der Waals surface area contributed by atoms with Crippen molar-refractivity contribution in [2.24, 2.45) is 5.92 Å². The van der Waals surface area contributed by atoms with Gasteiger partial charge in [0.2, 0.25) is 0 Å². The van der Waals surface area contributed by atoms with E-state index in [1.165, 1.54) is 57.3 Å².